The number of carbonyl (C=O) groups excluding carboxylic acids is 1. The number of benzene rings is 1. The summed E-state index contributed by atoms with van der Waals surface area (Å²) in [4.78, 5) is 25.9. The summed E-state index contributed by atoms with van der Waals surface area (Å²) in [6.07, 6.45) is 3.91. The first-order valence-corrected chi connectivity index (χ1v) is 7.73. The molecule has 1 heterocycles. The van der Waals surface area contributed by atoms with Gasteiger partial charge in [0.25, 0.3) is 0 Å². The third-order valence-electron chi connectivity index (χ3n) is 4.12. The maximum atomic E-state index is 12.9. The Morgan fingerprint density at radius 1 is 1.24 bits per heavy atom. The molecule has 1 aliphatic rings. The van der Waals surface area contributed by atoms with Gasteiger partial charge in [-0.2, -0.15) is 0 Å². The fourth-order valence-corrected chi connectivity index (χ4v) is 3.14. The van der Waals surface area contributed by atoms with Crippen LogP contribution in [0.4, 0.5) is 5.69 Å². The zero-order valence-electron chi connectivity index (χ0n) is 12.7. The quantitative estimate of drug-likeness (QED) is 0.874. The average molecular weight is 289 g/mol. The van der Waals surface area contributed by atoms with Crippen molar-refractivity contribution in [3.05, 3.63) is 29.8 Å². The predicted molar refractivity (Wildman–Crippen MR) is 82.4 cm³/mol. The number of fused-ring (bicyclic) bond motifs is 1. The van der Waals surface area contributed by atoms with Crippen molar-refractivity contribution in [1.29, 1.82) is 0 Å². The van der Waals surface area contributed by atoms with E-state index in [1.54, 1.807) is 0 Å². The molecule has 0 spiro atoms. The van der Waals surface area contributed by atoms with Crippen molar-refractivity contribution in [2.45, 2.75) is 52.0 Å². The van der Waals surface area contributed by atoms with Gasteiger partial charge in [-0.15, -0.1) is 0 Å². The molecule has 0 aromatic heterocycles. The molecule has 0 aliphatic carbocycles. The van der Waals surface area contributed by atoms with Gasteiger partial charge in [-0.25, -0.2) is 4.79 Å². The Bertz CT molecular complexity index is 521. The fraction of sp³-hybridized carbons (Fsp3) is 0.529. The summed E-state index contributed by atoms with van der Waals surface area (Å²) < 4.78 is 0. The lowest BCUT2D eigenvalue weighted by Crippen LogP contribution is -2.45. The molecule has 1 unspecified atom stereocenters. The molecular formula is C17H23NO3. The summed E-state index contributed by atoms with van der Waals surface area (Å²) in [5.41, 5.74) is 1.72. The van der Waals surface area contributed by atoms with Crippen LogP contribution < -0.4 is 4.90 Å². The highest BCUT2D eigenvalue weighted by Crippen LogP contribution is 2.34. The van der Waals surface area contributed by atoms with Crippen molar-refractivity contribution in [3.63, 3.8) is 0 Å². The van der Waals surface area contributed by atoms with Crippen LogP contribution in [0.3, 0.4) is 0 Å². The van der Waals surface area contributed by atoms with Crippen LogP contribution >= 0.6 is 0 Å². The number of rotatable bonds is 6. The second kappa shape index (κ2) is 6.74. The second-order valence-corrected chi connectivity index (χ2v) is 5.67. The first-order valence-electron chi connectivity index (χ1n) is 7.73. The lowest BCUT2D eigenvalue weighted by Gasteiger charge is -2.27. The van der Waals surface area contributed by atoms with Crippen molar-refractivity contribution < 1.29 is 14.7 Å². The second-order valence-electron chi connectivity index (χ2n) is 5.67. The van der Waals surface area contributed by atoms with Gasteiger partial charge in [0, 0.05) is 18.0 Å². The highest BCUT2D eigenvalue weighted by atomic mass is 16.4. The molecule has 1 atom stereocenters. The Labute approximate surface area is 125 Å². The predicted octanol–water partition coefficient (Wildman–Crippen LogP) is 3.25. The van der Waals surface area contributed by atoms with E-state index in [4.69, 9.17) is 0 Å². The Morgan fingerprint density at radius 3 is 2.43 bits per heavy atom. The lowest BCUT2D eigenvalue weighted by molar-refractivity contribution is -0.140. The van der Waals surface area contributed by atoms with Gasteiger partial charge in [0.2, 0.25) is 5.91 Å². The van der Waals surface area contributed by atoms with Gasteiger partial charge in [0.15, 0.2) is 0 Å². The Morgan fingerprint density at radius 2 is 1.86 bits per heavy atom. The number of hydrogen-bond acceptors (Lipinski definition) is 2. The molecule has 0 saturated heterocycles. The first kappa shape index (κ1) is 15.5. The Balaban J connectivity index is 2.33. The molecule has 114 valence electrons. The summed E-state index contributed by atoms with van der Waals surface area (Å²) in [5, 5.41) is 9.45. The molecule has 4 heteroatoms. The third-order valence-corrected chi connectivity index (χ3v) is 4.12. The van der Waals surface area contributed by atoms with E-state index < -0.39 is 12.0 Å². The summed E-state index contributed by atoms with van der Waals surface area (Å²) in [5.74, 6) is -1.03. The molecule has 4 nitrogen and oxygen atoms in total. The van der Waals surface area contributed by atoms with Crippen molar-refractivity contribution in [3.8, 4) is 0 Å². The van der Waals surface area contributed by atoms with E-state index in [-0.39, 0.29) is 11.8 Å². The largest absolute Gasteiger partial charge is 0.480 e. The number of aliphatic carboxylic acids is 1. The smallest absolute Gasteiger partial charge is 0.327 e. The van der Waals surface area contributed by atoms with Crippen molar-refractivity contribution in [2.24, 2.45) is 5.92 Å². The number of carboxylic acids is 1. The number of carbonyl (C=O) groups is 2. The number of nitrogens with zero attached hydrogens (tertiary/aromatic N) is 1. The normalized spacial score (nSPS) is 17.1. The summed E-state index contributed by atoms with van der Waals surface area (Å²) in [7, 11) is 0. The van der Waals surface area contributed by atoms with E-state index in [1.807, 2.05) is 24.3 Å². The van der Waals surface area contributed by atoms with Gasteiger partial charge in [0.05, 0.1) is 0 Å². The molecule has 1 N–H and O–H groups in total. The van der Waals surface area contributed by atoms with E-state index in [0.29, 0.717) is 6.42 Å². The maximum absolute atomic E-state index is 12.9. The molecule has 1 aliphatic heterocycles. The highest BCUT2D eigenvalue weighted by Gasteiger charge is 2.40. The summed E-state index contributed by atoms with van der Waals surface area (Å²) in [6, 6.07) is 6.75. The van der Waals surface area contributed by atoms with Crippen LogP contribution in [0.25, 0.3) is 0 Å². The van der Waals surface area contributed by atoms with Gasteiger partial charge in [0.1, 0.15) is 6.04 Å². The van der Waals surface area contributed by atoms with Gasteiger partial charge >= 0.3 is 5.97 Å². The number of carboxylic acid groups (broad SMARTS) is 1. The zero-order valence-corrected chi connectivity index (χ0v) is 12.7. The SMILES string of the molecule is CCCC(CCC)C(=O)N1c2ccccc2CC1C(=O)O. The maximum Gasteiger partial charge on any atom is 0.327 e. The number of amides is 1. The van der Waals surface area contributed by atoms with Gasteiger partial charge in [-0.3, -0.25) is 9.69 Å². The van der Waals surface area contributed by atoms with E-state index in [0.717, 1.165) is 36.9 Å². The molecule has 1 aromatic carbocycles. The molecule has 21 heavy (non-hydrogen) atoms. The standard InChI is InChI=1S/C17H23NO3/c1-3-7-12(8-4-2)16(19)18-14-10-6-5-9-13(14)11-15(18)17(20)21/h5-6,9-10,12,15H,3-4,7-8,11H2,1-2H3,(H,20,21). The van der Waals surface area contributed by atoms with E-state index in [9.17, 15) is 14.7 Å². The van der Waals surface area contributed by atoms with Crippen LogP contribution in [-0.4, -0.2) is 23.0 Å². The monoisotopic (exact) mass is 289 g/mol. The number of hydrogen-bond donors (Lipinski definition) is 1. The summed E-state index contributed by atoms with van der Waals surface area (Å²) in [6.45, 7) is 4.12. The van der Waals surface area contributed by atoms with Crippen LogP contribution in [-0.2, 0) is 16.0 Å². The minimum Gasteiger partial charge on any atom is -0.480 e. The van der Waals surface area contributed by atoms with Crippen LogP contribution in [0, 0.1) is 5.92 Å². The van der Waals surface area contributed by atoms with Crippen molar-refractivity contribution in [1.82, 2.24) is 0 Å². The average Bonchev–Trinajstić information content (AvgIpc) is 2.86. The molecule has 0 fully saturated rings. The minimum atomic E-state index is -0.925. The lowest BCUT2D eigenvalue weighted by atomic mass is 9.96. The Hall–Kier alpha value is -1.84. The molecule has 1 aromatic rings. The first-order chi connectivity index (χ1) is 10.1. The molecule has 0 radical (unpaired) electrons. The third kappa shape index (κ3) is 3.09. The van der Waals surface area contributed by atoms with E-state index >= 15 is 0 Å². The van der Waals surface area contributed by atoms with Crippen LogP contribution in [0.15, 0.2) is 24.3 Å². The van der Waals surface area contributed by atoms with Gasteiger partial charge < -0.3 is 5.11 Å². The zero-order chi connectivity index (χ0) is 15.4. The molecule has 2 rings (SSSR count). The molecular weight excluding hydrogens is 266 g/mol. The fourth-order valence-electron chi connectivity index (χ4n) is 3.14. The number of para-hydroxylation sites is 1. The molecule has 0 bridgehead atoms. The highest BCUT2D eigenvalue weighted by molar-refractivity contribution is 6.02. The van der Waals surface area contributed by atoms with Crippen molar-refractivity contribution in [2.75, 3.05) is 4.90 Å². The van der Waals surface area contributed by atoms with Crippen molar-refractivity contribution >= 4 is 17.6 Å². The van der Waals surface area contributed by atoms with E-state index in [1.165, 1.54) is 4.90 Å². The minimum absolute atomic E-state index is 0.0314. The Kier molecular flexibility index (Phi) is 4.99. The van der Waals surface area contributed by atoms with E-state index in [2.05, 4.69) is 13.8 Å². The van der Waals surface area contributed by atoms with Gasteiger partial charge in [-0.1, -0.05) is 44.9 Å². The van der Waals surface area contributed by atoms with Gasteiger partial charge in [-0.05, 0) is 24.5 Å². The van der Waals surface area contributed by atoms with Crippen LogP contribution in [0.2, 0.25) is 0 Å². The van der Waals surface area contributed by atoms with Crippen LogP contribution in [0.5, 0.6) is 0 Å². The molecule has 1 amide bonds. The number of anilines is 1. The molecule has 0 saturated carbocycles. The van der Waals surface area contributed by atoms with Crippen LogP contribution in [0.1, 0.15) is 45.1 Å². The summed E-state index contributed by atoms with van der Waals surface area (Å²) >= 11 is 0. The topological polar surface area (TPSA) is 57.6 Å².